The molecular formula is C21H24FNO8S2. The molecule has 1 N–H and O–H groups in total. The Labute approximate surface area is 192 Å². The van der Waals surface area contributed by atoms with E-state index in [0.717, 1.165) is 29.0 Å². The van der Waals surface area contributed by atoms with Gasteiger partial charge >= 0.3 is 6.09 Å². The van der Waals surface area contributed by atoms with E-state index < -0.39 is 49.9 Å². The van der Waals surface area contributed by atoms with Gasteiger partial charge in [-0.1, -0.05) is 36.4 Å². The van der Waals surface area contributed by atoms with Crippen molar-refractivity contribution in [3.63, 3.8) is 0 Å². The number of hydrogen-bond acceptors (Lipinski definition) is 7. The van der Waals surface area contributed by atoms with E-state index in [9.17, 15) is 26.7 Å². The molecule has 2 aromatic rings. The number of halogens is 1. The van der Waals surface area contributed by atoms with Crippen LogP contribution >= 0.6 is 0 Å². The first-order valence-electron chi connectivity index (χ1n) is 9.88. The van der Waals surface area contributed by atoms with E-state index in [-0.39, 0.29) is 31.0 Å². The third kappa shape index (κ3) is 6.97. The van der Waals surface area contributed by atoms with Gasteiger partial charge in [0.25, 0.3) is 20.2 Å². The van der Waals surface area contributed by atoms with Gasteiger partial charge in [0.15, 0.2) is 0 Å². The highest BCUT2D eigenvalue weighted by atomic mass is 32.2. The minimum absolute atomic E-state index is 0.0219. The Morgan fingerprint density at radius 2 is 1.52 bits per heavy atom. The van der Waals surface area contributed by atoms with Gasteiger partial charge in [-0.05, 0) is 41.0 Å². The summed E-state index contributed by atoms with van der Waals surface area (Å²) in [7, 11) is -7.49. The number of rotatable bonds is 10. The molecule has 1 aliphatic rings. The van der Waals surface area contributed by atoms with Gasteiger partial charge in [-0.15, -0.1) is 0 Å². The molecule has 12 heteroatoms. The molecule has 1 aliphatic carbocycles. The van der Waals surface area contributed by atoms with E-state index in [1.54, 1.807) is 30.3 Å². The molecular weight excluding hydrogens is 477 g/mol. The summed E-state index contributed by atoms with van der Waals surface area (Å²) in [6.07, 6.45) is 0.514. The Morgan fingerprint density at radius 3 is 1.97 bits per heavy atom. The molecule has 1 fully saturated rings. The minimum Gasteiger partial charge on any atom is -0.465 e. The van der Waals surface area contributed by atoms with Gasteiger partial charge in [0.05, 0.1) is 38.0 Å². The van der Waals surface area contributed by atoms with Gasteiger partial charge in [-0.25, -0.2) is 9.18 Å². The molecule has 0 heterocycles. The van der Waals surface area contributed by atoms with Crippen molar-refractivity contribution >= 4 is 32.0 Å². The lowest BCUT2D eigenvalue weighted by Gasteiger charge is -2.20. The van der Waals surface area contributed by atoms with Crippen LogP contribution in [0.4, 0.5) is 14.9 Å². The predicted octanol–water partition coefficient (Wildman–Crippen LogP) is 2.79. The van der Waals surface area contributed by atoms with Gasteiger partial charge in [0, 0.05) is 0 Å². The van der Waals surface area contributed by atoms with Crippen molar-refractivity contribution in [3.05, 3.63) is 65.5 Å². The van der Waals surface area contributed by atoms with Crippen LogP contribution in [0.3, 0.4) is 0 Å². The molecule has 2 aromatic carbocycles. The first-order valence-corrected chi connectivity index (χ1v) is 13.5. The molecule has 33 heavy (non-hydrogen) atoms. The number of amides is 1. The van der Waals surface area contributed by atoms with E-state index in [0.29, 0.717) is 0 Å². The van der Waals surface area contributed by atoms with E-state index in [2.05, 4.69) is 0 Å². The van der Waals surface area contributed by atoms with Crippen LogP contribution in [0.25, 0.3) is 0 Å². The fraction of sp³-hybridized carbons (Fsp3) is 0.381. The topological polar surface area (TPSA) is 127 Å². The molecule has 1 saturated carbocycles. The Balaban J connectivity index is 1.82. The Bertz CT molecular complexity index is 1180. The molecule has 1 amide bonds. The van der Waals surface area contributed by atoms with Gasteiger partial charge in [-0.2, -0.15) is 16.8 Å². The van der Waals surface area contributed by atoms with Crippen molar-refractivity contribution in [3.8, 4) is 0 Å². The number of hydrogen-bond donors (Lipinski definition) is 1. The van der Waals surface area contributed by atoms with Crippen LogP contribution in [0.5, 0.6) is 0 Å². The third-order valence-corrected chi connectivity index (χ3v) is 6.48. The summed E-state index contributed by atoms with van der Waals surface area (Å²) < 4.78 is 70.1. The van der Waals surface area contributed by atoms with E-state index >= 15 is 4.39 Å². The highest BCUT2D eigenvalue weighted by molar-refractivity contribution is 7.86. The number of nitrogens with zero attached hydrogens (tertiary/aromatic N) is 1. The molecule has 0 bridgehead atoms. The summed E-state index contributed by atoms with van der Waals surface area (Å²) in [6, 6.07) is 12.8. The quantitative estimate of drug-likeness (QED) is 0.493. The third-order valence-electron chi connectivity index (χ3n) is 5.35. The summed E-state index contributed by atoms with van der Waals surface area (Å²) >= 11 is 0. The molecule has 9 nitrogen and oxygen atoms in total. The molecule has 180 valence electrons. The molecule has 0 radical (unpaired) electrons. The summed E-state index contributed by atoms with van der Waals surface area (Å²) in [4.78, 5) is 12.8. The molecule has 3 rings (SSSR count). The molecule has 0 aromatic heterocycles. The molecule has 0 aliphatic heterocycles. The number of anilines is 1. The number of carbonyl (C=O) groups is 1. The van der Waals surface area contributed by atoms with Gasteiger partial charge in [0.2, 0.25) is 0 Å². The maximum absolute atomic E-state index is 15.1. The summed E-state index contributed by atoms with van der Waals surface area (Å²) in [6.45, 7) is -0.483. The van der Waals surface area contributed by atoms with Gasteiger partial charge < -0.3 is 5.11 Å². The standard InChI is InChI=1S/C21H24FNO8S2/c1-32(26,27)30-12-17-18(13-31-33(2,28)29)20(17)16-9-8-15(10-19(16)22)23(21(24)25)11-14-6-4-3-5-7-14/h3-10,17-18,20H,11-13H2,1-2H3,(H,24,25)/t17-,18+,20?. The smallest absolute Gasteiger partial charge is 0.412 e. The highest BCUT2D eigenvalue weighted by Crippen LogP contribution is 2.55. The number of benzene rings is 2. The van der Waals surface area contributed by atoms with Gasteiger partial charge in [-0.3, -0.25) is 13.3 Å². The zero-order valence-corrected chi connectivity index (χ0v) is 19.6. The molecule has 3 atom stereocenters. The molecule has 0 spiro atoms. The highest BCUT2D eigenvalue weighted by Gasteiger charge is 2.53. The molecule has 1 unspecified atom stereocenters. The van der Waals surface area contributed by atoms with Crippen LogP contribution in [-0.4, -0.2) is 53.8 Å². The van der Waals surface area contributed by atoms with E-state index in [4.69, 9.17) is 8.37 Å². The van der Waals surface area contributed by atoms with Crippen LogP contribution in [0, 0.1) is 17.7 Å². The summed E-state index contributed by atoms with van der Waals surface area (Å²) in [5.41, 5.74) is 1.05. The van der Waals surface area contributed by atoms with E-state index in [1.807, 2.05) is 0 Å². The summed E-state index contributed by atoms with van der Waals surface area (Å²) in [5.74, 6) is -2.21. The zero-order chi connectivity index (χ0) is 24.4. The predicted molar refractivity (Wildman–Crippen MR) is 118 cm³/mol. The lowest BCUT2D eigenvalue weighted by Crippen LogP contribution is -2.28. The van der Waals surface area contributed by atoms with Crippen LogP contribution in [0.2, 0.25) is 0 Å². The second-order valence-electron chi connectivity index (χ2n) is 7.89. The second kappa shape index (κ2) is 9.75. The van der Waals surface area contributed by atoms with Crippen LogP contribution in [0.15, 0.2) is 48.5 Å². The fourth-order valence-electron chi connectivity index (χ4n) is 3.75. The maximum atomic E-state index is 15.1. The zero-order valence-electron chi connectivity index (χ0n) is 17.9. The Morgan fingerprint density at radius 1 is 0.970 bits per heavy atom. The fourth-order valence-corrected chi connectivity index (χ4v) is 4.56. The lowest BCUT2D eigenvalue weighted by molar-refractivity contribution is 0.201. The van der Waals surface area contributed by atoms with Crippen molar-refractivity contribution < 1.29 is 39.5 Å². The maximum Gasteiger partial charge on any atom is 0.412 e. The van der Waals surface area contributed by atoms with Crippen LogP contribution < -0.4 is 4.90 Å². The Hall–Kier alpha value is -2.54. The summed E-state index contributed by atoms with van der Waals surface area (Å²) in [5, 5.41) is 9.60. The first kappa shape index (κ1) is 25.1. The van der Waals surface area contributed by atoms with Crippen LogP contribution in [0.1, 0.15) is 17.0 Å². The van der Waals surface area contributed by atoms with Gasteiger partial charge in [0.1, 0.15) is 5.82 Å². The largest absolute Gasteiger partial charge is 0.465 e. The van der Waals surface area contributed by atoms with Crippen molar-refractivity contribution in [2.45, 2.75) is 12.5 Å². The van der Waals surface area contributed by atoms with Crippen molar-refractivity contribution in [2.24, 2.45) is 11.8 Å². The average molecular weight is 502 g/mol. The minimum atomic E-state index is -3.74. The van der Waals surface area contributed by atoms with Crippen LogP contribution in [-0.2, 0) is 35.1 Å². The normalized spacial score (nSPS) is 20.4. The average Bonchev–Trinajstić information content (AvgIpc) is 3.41. The first-order chi connectivity index (χ1) is 15.4. The monoisotopic (exact) mass is 501 g/mol. The second-order valence-corrected chi connectivity index (χ2v) is 11.2. The SMILES string of the molecule is CS(=O)(=O)OC[C@@H]1C(c2ccc(N(Cc3ccccc3)C(=O)O)cc2F)[C@@H]1COS(C)(=O)=O. The molecule has 0 saturated heterocycles. The van der Waals surface area contributed by atoms with Crippen molar-refractivity contribution in [1.29, 1.82) is 0 Å². The van der Waals surface area contributed by atoms with E-state index in [1.165, 1.54) is 12.1 Å². The lowest BCUT2D eigenvalue weighted by atomic mass is 10.1. The Kier molecular flexibility index (Phi) is 7.42. The number of carboxylic acid groups (broad SMARTS) is 1. The van der Waals surface area contributed by atoms with Crippen molar-refractivity contribution in [2.75, 3.05) is 30.6 Å². The van der Waals surface area contributed by atoms with Crippen molar-refractivity contribution in [1.82, 2.24) is 0 Å².